The van der Waals surface area contributed by atoms with Crippen LogP contribution in [0, 0.1) is 5.82 Å². The lowest BCUT2D eigenvalue weighted by molar-refractivity contribution is 0.337. The molecule has 0 fully saturated rings. The molecule has 2 aliphatic heterocycles. The summed E-state index contributed by atoms with van der Waals surface area (Å²) in [7, 11) is 2.14. The van der Waals surface area contributed by atoms with E-state index in [4.69, 9.17) is 5.10 Å². The van der Waals surface area contributed by atoms with Gasteiger partial charge in [0.15, 0.2) is 5.82 Å². The van der Waals surface area contributed by atoms with Gasteiger partial charge in [-0.15, -0.1) is 0 Å². The first-order valence-corrected chi connectivity index (χ1v) is 11.1. The highest BCUT2D eigenvalue weighted by atomic mass is 19.1. The highest BCUT2D eigenvalue weighted by Gasteiger charge is 2.18. The van der Waals surface area contributed by atoms with Crippen molar-refractivity contribution in [1.82, 2.24) is 25.0 Å². The molecule has 0 saturated carbocycles. The second kappa shape index (κ2) is 7.69. The van der Waals surface area contributed by atoms with Crippen molar-refractivity contribution in [1.29, 1.82) is 0 Å². The number of likely N-dealkylation sites (N-methyl/N-ethyl adjacent to an activating group) is 1. The Balaban J connectivity index is 1.34. The summed E-state index contributed by atoms with van der Waals surface area (Å²) in [6.45, 7) is 4.52. The number of nitrogens with zero attached hydrogens (tertiary/aromatic N) is 4. The molecule has 0 spiro atoms. The van der Waals surface area contributed by atoms with E-state index in [1.54, 1.807) is 12.3 Å². The summed E-state index contributed by atoms with van der Waals surface area (Å²) in [6.07, 6.45) is 2.70. The molecular weight excluding hydrogens is 403 g/mol. The van der Waals surface area contributed by atoms with E-state index in [1.807, 2.05) is 24.3 Å². The molecule has 2 aromatic heterocycles. The number of hydrogen-bond acceptors (Lipinski definition) is 5. The van der Waals surface area contributed by atoms with Crippen molar-refractivity contribution >= 4 is 22.4 Å². The van der Waals surface area contributed by atoms with Gasteiger partial charge in [0.25, 0.3) is 0 Å². The second-order valence-electron chi connectivity index (χ2n) is 8.72. The maximum Gasteiger partial charge on any atom is 0.153 e. The van der Waals surface area contributed by atoms with Crippen molar-refractivity contribution in [3.8, 4) is 11.1 Å². The maximum atomic E-state index is 15.0. The maximum absolute atomic E-state index is 15.0. The first-order valence-electron chi connectivity index (χ1n) is 11.1. The summed E-state index contributed by atoms with van der Waals surface area (Å²) in [6, 6.07) is 13.7. The first kappa shape index (κ1) is 19.4. The third-order valence-electron chi connectivity index (χ3n) is 6.55. The molecular formula is C25H25FN6. The molecule has 7 heteroatoms. The Hall–Kier alpha value is -3.29. The highest BCUT2D eigenvalue weighted by Crippen LogP contribution is 2.34. The molecule has 0 atom stereocenters. The van der Waals surface area contributed by atoms with Crippen LogP contribution in [0.4, 0.5) is 16.0 Å². The van der Waals surface area contributed by atoms with Gasteiger partial charge in [-0.3, -0.25) is 4.68 Å². The number of anilines is 2. The smallest absolute Gasteiger partial charge is 0.153 e. The largest absolute Gasteiger partial charge is 0.323 e. The fourth-order valence-electron chi connectivity index (χ4n) is 4.75. The topological polar surface area (TPSA) is 58.0 Å². The molecule has 2 aromatic carbocycles. The zero-order chi connectivity index (χ0) is 21.7. The van der Waals surface area contributed by atoms with Crippen molar-refractivity contribution in [3.05, 3.63) is 71.3 Å². The molecule has 2 aliphatic rings. The number of nitrogens with one attached hydrogen (secondary N) is 2. The quantitative estimate of drug-likeness (QED) is 0.515. The molecule has 4 heterocycles. The summed E-state index contributed by atoms with van der Waals surface area (Å²) in [5.74, 6) is 1.29. The number of halogens is 1. The Kier molecular flexibility index (Phi) is 4.66. The Morgan fingerprint density at radius 1 is 0.969 bits per heavy atom. The van der Waals surface area contributed by atoms with Crippen LogP contribution in [-0.4, -0.2) is 39.8 Å². The minimum Gasteiger partial charge on any atom is -0.323 e. The molecule has 4 aromatic rings. The number of hydrogen-bond donors (Lipinski definition) is 2. The molecule has 32 heavy (non-hydrogen) atoms. The average molecular weight is 429 g/mol. The fraction of sp³-hybridized carbons (Fsp3) is 0.280. The van der Waals surface area contributed by atoms with Crippen LogP contribution in [0.2, 0.25) is 0 Å². The summed E-state index contributed by atoms with van der Waals surface area (Å²) >= 11 is 0. The summed E-state index contributed by atoms with van der Waals surface area (Å²) in [4.78, 5) is 6.82. The zero-order valence-electron chi connectivity index (χ0n) is 18.0. The average Bonchev–Trinajstić information content (AvgIpc) is 3.39. The van der Waals surface area contributed by atoms with Crippen LogP contribution in [0.1, 0.15) is 16.8 Å². The summed E-state index contributed by atoms with van der Waals surface area (Å²) < 4.78 is 17.1. The minimum atomic E-state index is -0.219. The number of fused-ring (bicyclic) bond motifs is 3. The lowest BCUT2D eigenvalue weighted by Gasteiger charge is -2.12. The Morgan fingerprint density at radius 2 is 1.91 bits per heavy atom. The van der Waals surface area contributed by atoms with Gasteiger partial charge in [0.2, 0.25) is 0 Å². The van der Waals surface area contributed by atoms with E-state index in [-0.39, 0.29) is 5.82 Å². The van der Waals surface area contributed by atoms with Gasteiger partial charge in [0, 0.05) is 61.5 Å². The van der Waals surface area contributed by atoms with Crippen molar-refractivity contribution in [2.45, 2.75) is 26.1 Å². The van der Waals surface area contributed by atoms with Gasteiger partial charge in [0.05, 0.1) is 6.54 Å². The lowest BCUT2D eigenvalue weighted by atomic mass is 9.95. The van der Waals surface area contributed by atoms with Crippen molar-refractivity contribution < 1.29 is 4.39 Å². The Labute approximate surface area is 186 Å². The van der Waals surface area contributed by atoms with Gasteiger partial charge >= 0.3 is 0 Å². The monoisotopic (exact) mass is 428 g/mol. The molecule has 0 saturated heterocycles. The van der Waals surface area contributed by atoms with E-state index >= 15 is 4.39 Å². The first-order chi connectivity index (χ1) is 15.6. The Bertz CT molecular complexity index is 1300. The van der Waals surface area contributed by atoms with Gasteiger partial charge in [-0.1, -0.05) is 18.2 Å². The highest BCUT2D eigenvalue weighted by molar-refractivity contribution is 5.89. The zero-order valence-corrected chi connectivity index (χ0v) is 18.0. The SMILES string of the molecule is CN1CCc2cc(Nc3cc4cc(-c5cccc6c5CNC6)c(F)cc4cn3)nn2CC1. The van der Waals surface area contributed by atoms with Crippen LogP contribution < -0.4 is 10.6 Å². The standard InChI is InChI=1S/C25H25FN6/c1-31-6-5-19-12-25(30-32(19)8-7-31)29-24-11-17-9-21(23(26)10-18(17)14-28-24)20-4-2-3-16-13-27-15-22(16)20/h2-4,9-12,14,27H,5-8,13,15H2,1H3,(H,28,29,30). The molecule has 0 radical (unpaired) electrons. The van der Waals surface area contributed by atoms with E-state index in [0.29, 0.717) is 11.4 Å². The van der Waals surface area contributed by atoms with Gasteiger partial charge in [-0.25, -0.2) is 9.37 Å². The predicted molar refractivity (Wildman–Crippen MR) is 124 cm³/mol. The van der Waals surface area contributed by atoms with Gasteiger partial charge in [0.1, 0.15) is 11.6 Å². The van der Waals surface area contributed by atoms with Crippen molar-refractivity contribution in [3.63, 3.8) is 0 Å². The third kappa shape index (κ3) is 3.43. The van der Waals surface area contributed by atoms with E-state index < -0.39 is 0 Å². The van der Waals surface area contributed by atoms with Gasteiger partial charge in [-0.2, -0.15) is 5.10 Å². The molecule has 0 unspecified atom stereocenters. The summed E-state index contributed by atoms with van der Waals surface area (Å²) in [5.41, 5.74) is 5.25. The lowest BCUT2D eigenvalue weighted by Crippen LogP contribution is -2.21. The van der Waals surface area contributed by atoms with Crippen LogP contribution in [0.5, 0.6) is 0 Å². The normalized spacial score (nSPS) is 16.1. The minimum absolute atomic E-state index is 0.219. The molecule has 6 rings (SSSR count). The van der Waals surface area contributed by atoms with Gasteiger partial charge in [-0.05, 0) is 47.3 Å². The van der Waals surface area contributed by atoms with Crippen molar-refractivity contribution in [2.24, 2.45) is 0 Å². The number of benzene rings is 2. The van der Waals surface area contributed by atoms with Crippen molar-refractivity contribution in [2.75, 3.05) is 25.5 Å². The van der Waals surface area contributed by atoms with Crippen LogP contribution >= 0.6 is 0 Å². The van der Waals surface area contributed by atoms with Crippen LogP contribution in [0.15, 0.2) is 48.7 Å². The fourth-order valence-corrected chi connectivity index (χ4v) is 4.75. The summed E-state index contributed by atoms with van der Waals surface area (Å²) in [5, 5.41) is 13.1. The molecule has 0 bridgehead atoms. The number of aromatic nitrogens is 3. The van der Waals surface area contributed by atoms with Crippen LogP contribution in [0.25, 0.3) is 21.9 Å². The second-order valence-corrected chi connectivity index (χ2v) is 8.72. The molecule has 6 nitrogen and oxygen atoms in total. The van der Waals surface area contributed by atoms with Gasteiger partial charge < -0.3 is 15.5 Å². The Morgan fingerprint density at radius 3 is 2.84 bits per heavy atom. The number of pyridine rings is 1. The van der Waals surface area contributed by atoms with Crippen LogP contribution in [0.3, 0.4) is 0 Å². The molecule has 162 valence electrons. The third-order valence-corrected chi connectivity index (χ3v) is 6.55. The van der Waals surface area contributed by atoms with E-state index in [9.17, 15) is 0 Å². The van der Waals surface area contributed by atoms with E-state index in [0.717, 1.165) is 61.3 Å². The van der Waals surface area contributed by atoms with E-state index in [2.05, 4.69) is 44.4 Å². The predicted octanol–water partition coefficient (Wildman–Crippen LogP) is 4.07. The van der Waals surface area contributed by atoms with E-state index in [1.165, 1.54) is 16.8 Å². The molecule has 0 aliphatic carbocycles. The number of rotatable bonds is 3. The van der Waals surface area contributed by atoms with Crippen LogP contribution in [-0.2, 0) is 26.1 Å². The molecule has 2 N–H and O–H groups in total. The molecule has 0 amide bonds.